The highest BCUT2D eigenvalue weighted by atomic mass is 19.1. The molecule has 0 saturated heterocycles. The van der Waals surface area contributed by atoms with Gasteiger partial charge in [-0.15, -0.1) is 0 Å². The Morgan fingerprint density at radius 2 is 2.06 bits per heavy atom. The number of nitrogens with zero attached hydrogens (tertiary/aromatic N) is 4. The highest BCUT2D eigenvalue weighted by Crippen LogP contribution is 2.32. The maximum absolute atomic E-state index is 14.6. The van der Waals surface area contributed by atoms with Gasteiger partial charge < -0.3 is 10.1 Å². The van der Waals surface area contributed by atoms with Gasteiger partial charge in [-0.3, -0.25) is 9.38 Å². The lowest BCUT2D eigenvalue weighted by molar-refractivity contribution is 0.356. The number of ether oxygens (including phenoxy) is 1. The third-order valence-electron chi connectivity index (χ3n) is 5.76. The molecule has 0 bridgehead atoms. The summed E-state index contributed by atoms with van der Waals surface area (Å²) in [5, 5.41) is 3.32. The number of aromatic nitrogens is 4. The number of fused-ring (bicyclic) bond motifs is 2. The number of imidazole rings is 1. The number of aryl methyl sites for hydroxylation is 1. The normalized spacial score (nSPS) is 12.9. The largest absolute Gasteiger partial charge is 0.493 e. The fourth-order valence-corrected chi connectivity index (χ4v) is 4.04. The molecule has 0 fully saturated rings. The number of rotatable bonds is 5. The van der Waals surface area contributed by atoms with E-state index in [0.717, 1.165) is 45.9 Å². The molecule has 1 aliphatic rings. The van der Waals surface area contributed by atoms with E-state index >= 15 is 0 Å². The van der Waals surface area contributed by atoms with Gasteiger partial charge in [0.2, 0.25) is 5.95 Å². The smallest absolute Gasteiger partial charge is 0.208 e. The molecule has 0 atom stereocenters. The highest BCUT2D eigenvalue weighted by Gasteiger charge is 2.20. The van der Waals surface area contributed by atoms with E-state index in [1.165, 1.54) is 6.07 Å². The summed E-state index contributed by atoms with van der Waals surface area (Å²) < 4.78 is 22.1. The molecule has 0 radical (unpaired) electrons. The Morgan fingerprint density at radius 3 is 2.87 bits per heavy atom. The summed E-state index contributed by atoms with van der Waals surface area (Å²) in [6.45, 7) is 7.11. The summed E-state index contributed by atoms with van der Waals surface area (Å²) >= 11 is 0. The molecule has 5 rings (SSSR count). The number of nitrogens with one attached hydrogen (secondary N) is 1. The Hall–Kier alpha value is -3.48. The average molecular weight is 417 g/mol. The van der Waals surface area contributed by atoms with E-state index in [4.69, 9.17) is 9.72 Å². The lowest BCUT2D eigenvalue weighted by Gasteiger charge is -2.13. The minimum Gasteiger partial charge on any atom is -0.493 e. The first-order valence-electron chi connectivity index (χ1n) is 10.5. The standard InChI is InChI=1S/C24H24FN5O/c1-14(2)21-13-30-23(29-21)19(16-5-4-9-26-15(16)3)12-28-24(30)27-11-18-17-8-10-31-22(17)7-6-20(18)25/h4-7,9,12-14H,8,10-11H2,1-3H3,(H,27,28). The van der Waals surface area contributed by atoms with E-state index in [1.807, 2.05) is 35.9 Å². The van der Waals surface area contributed by atoms with Crippen LogP contribution >= 0.6 is 0 Å². The number of hydrogen-bond acceptors (Lipinski definition) is 5. The molecule has 0 saturated carbocycles. The molecule has 0 unspecified atom stereocenters. The fourth-order valence-electron chi connectivity index (χ4n) is 4.04. The van der Waals surface area contributed by atoms with E-state index in [-0.39, 0.29) is 11.7 Å². The Bertz CT molecular complexity index is 1280. The lowest BCUT2D eigenvalue weighted by Crippen LogP contribution is -2.10. The van der Waals surface area contributed by atoms with Gasteiger partial charge in [-0.25, -0.2) is 14.4 Å². The van der Waals surface area contributed by atoms with Crippen molar-refractivity contribution in [2.24, 2.45) is 0 Å². The van der Waals surface area contributed by atoms with Crippen LogP contribution in [-0.2, 0) is 13.0 Å². The van der Waals surface area contributed by atoms with Gasteiger partial charge in [-0.2, -0.15) is 0 Å². The van der Waals surface area contributed by atoms with Crippen molar-refractivity contribution in [3.63, 3.8) is 0 Å². The first kappa shape index (κ1) is 19.5. The monoisotopic (exact) mass is 417 g/mol. The second-order valence-corrected chi connectivity index (χ2v) is 8.10. The van der Waals surface area contributed by atoms with E-state index < -0.39 is 0 Å². The quantitative estimate of drug-likeness (QED) is 0.500. The van der Waals surface area contributed by atoms with Crippen LogP contribution in [0.15, 0.2) is 42.9 Å². The number of halogens is 1. The van der Waals surface area contributed by atoms with Crippen molar-refractivity contribution in [2.45, 2.75) is 39.7 Å². The van der Waals surface area contributed by atoms with Crippen molar-refractivity contribution in [3.05, 3.63) is 71.2 Å². The summed E-state index contributed by atoms with van der Waals surface area (Å²) in [5.74, 6) is 1.42. The Morgan fingerprint density at radius 1 is 1.19 bits per heavy atom. The van der Waals surface area contributed by atoms with E-state index in [2.05, 4.69) is 29.1 Å². The first-order valence-corrected chi connectivity index (χ1v) is 10.5. The molecule has 1 aromatic carbocycles. The van der Waals surface area contributed by atoms with Gasteiger partial charge in [0.05, 0.1) is 12.3 Å². The molecule has 4 aromatic rings. The lowest BCUT2D eigenvalue weighted by atomic mass is 10.0. The molecular weight excluding hydrogens is 393 g/mol. The summed E-state index contributed by atoms with van der Waals surface area (Å²) in [5.41, 5.74) is 6.17. The van der Waals surface area contributed by atoms with Gasteiger partial charge in [0, 0.05) is 59.5 Å². The van der Waals surface area contributed by atoms with Crippen LogP contribution in [0.3, 0.4) is 0 Å². The van der Waals surface area contributed by atoms with Crippen LogP contribution in [0.5, 0.6) is 5.75 Å². The minimum atomic E-state index is -0.232. The van der Waals surface area contributed by atoms with E-state index in [0.29, 0.717) is 24.7 Å². The van der Waals surface area contributed by atoms with Crippen molar-refractivity contribution >= 4 is 11.6 Å². The molecule has 0 aliphatic carbocycles. The second kappa shape index (κ2) is 7.65. The molecule has 3 aromatic heterocycles. The average Bonchev–Trinajstić information content (AvgIpc) is 3.41. The van der Waals surface area contributed by atoms with Crippen molar-refractivity contribution in [3.8, 4) is 16.9 Å². The van der Waals surface area contributed by atoms with Crippen molar-refractivity contribution < 1.29 is 9.13 Å². The van der Waals surface area contributed by atoms with Crippen LogP contribution < -0.4 is 10.1 Å². The van der Waals surface area contributed by atoms with Crippen LogP contribution in [0.25, 0.3) is 16.8 Å². The number of anilines is 1. The Kier molecular flexibility index (Phi) is 4.81. The SMILES string of the molecule is Cc1ncccc1-c1cnc(NCc2c(F)ccc3c2CCO3)n2cc(C(C)C)nc12. The molecule has 1 N–H and O–H groups in total. The molecule has 158 valence electrons. The van der Waals surface area contributed by atoms with Crippen LogP contribution in [-0.4, -0.2) is 26.0 Å². The summed E-state index contributed by atoms with van der Waals surface area (Å²) in [6, 6.07) is 7.11. The van der Waals surface area contributed by atoms with Crippen molar-refractivity contribution in [2.75, 3.05) is 11.9 Å². The molecule has 6 nitrogen and oxygen atoms in total. The molecule has 0 amide bonds. The Balaban J connectivity index is 1.57. The Labute approximate surface area is 180 Å². The number of benzene rings is 1. The van der Waals surface area contributed by atoms with Gasteiger partial charge in [0.25, 0.3) is 0 Å². The fraction of sp³-hybridized carbons (Fsp3) is 0.292. The molecular formula is C24H24FN5O. The zero-order chi connectivity index (χ0) is 21.5. The summed E-state index contributed by atoms with van der Waals surface area (Å²) in [4.78, 5) is 14.0. The van der Waals surface area contributed by atoms with Crippen LogP contribution in [0.1, 0.15) is 42.3 Å². The predicted molar refractivity (Wildman–Crippen MR) is 118 cm³/mol. The van der Waals surface area contributed by atoms with Crippen LogP contribution in [0, 0.1) is 12.7 Å². The molecule has 31 heavy (non-hydrogen) atoms. The topological polar surface area (TPSA) is 64.3 Å². The zero-order valence-electron chi connectivity index (χ0n) is 17.8. The maximum atomic E-state index is 14.6. The maximum Gasteiger partial charge on any atom is 0.208 e. The van der Waals surface area contributed by atoms with Crippen molar-refractivity contribution in [1.29, 1.82) is 0 Å². The summed E-state index contributed by atoms with van der Waals surface area (Å²) in [7, 11) is 0. The van der Waals surface area contributed by atoms with Crippen molar-refractivity contribution in [1.82, 2.24) is 19.4 Å². The van der Waals surface area contributed by atoms with Gasteiger partial charge >= 0.3 is 0 Å². The second-order valence-electron chi connectivity index (χ2n) is 8.10. The molecule has 0 spiro atoms. The number of pyridine rings is 1. The molecule has 7 heteroatoms. The van der Waals surface area contributed by atoms with Gasteiger partial charge in [-0.1, -0.05) is 19.9 Å². The van der Waals surface area contributed by atoms with Crippen LogP contribution in [0.4, 0.5) is 10.3 Å². The van der Waals surface area contributed by atoms with E-state index in [1.54, 1.807) is 12.3 Å². The van der Waals surface area contributed by atoms with E-state index in [9.17, 15) is 4.39 Å². The number of hydrogen-bond donors (Lipinski definition) is 1. The third kappa shape index (κ3) is 3.40. The molecule has 4 heterocycles. The van der Waals surface area contributed by atoms with Gasteiger partial charge in [0.1, 0.15) is 17.2 Å². The summed E-state index contributed by atoms with van der Waals surface area (Å²) in [6.07, 6.45) is 6.31. The van der Waals surface area contributed by atoms with Crippen LogP contribution in [0.2, 0.25) is 0 Å². The highest BCUT2D eigenvalue weighted by molar-refractivity contribution is 5.79. The third-order valence-corrected chi connectivity index (χ3v) is 5.76. The predicted octanol–water partition coefficient (Wildman–Crippen LogP) is 4.91. The van der Waals surface area contributed by atoms with Gasteiger partial charge in [0.15, 0.2) is 0 Å². The minimum absolute atomic E-state index is 0.232. The zero-order valence-corrected chi connectivity index (χ0v) is 17.8. The molecule has 1 aliphatic heterocycles. The van der Waals surface area contributed by atoms with Gasteiger partial charge in [-0.05, 0) is 31.0 Å². The first-order chi connectivity index (χ1) is 15.0.